The van der Waals surface area contributed by atoms with E-state index < -0.39 is 18.2 Å². The van der Waals surface area contributed by atoms with Crippen LogP contribution in [-0.2, 0) is 14.3 Å². The molecule has 0 aromatic rings. The van der Waals surface area contributed by atoms with Crippen LogP contribution in [0.25, 0.3) is 0 Å². The summed E-state index contributed by atoms with van der Waals surface area (Å²) in [5.41, 5.74) is -0.173. The van der Waals surface area contributed by atoms with Crippen molar-refractivity contribution >= 4 is 11.9 Å². The van der Waals surface area contributed by atoms with Crippen molar-refractivity contribution in [2.75, 3.05) is 0 Å². The number of carbonyl (C=O) groups excluding carboxylic acids is 1. The molecule has 3 unspecified atom stereocenters. The quantitative estimate of drug-likeness (QED) is 0.375. The van der Waals surface area contributed by atoms with Crippen LogP contribution in [0.2, 0.25) is 0 Å². The van der Waals surface area contributed by atoms with E-state index in [0.717, 1.165) is 25.3 Å². The fourth-order valence-electron chi connectivity index (χ4n) is 3.10. The highest BCUT2D eigenvalue weighted by Gasteiger charge is 2.33. The van der Waals surface area contributed by atoms with Gasteiger partial charge in [-0.2, -0.15) is 0 Å². The number of hydrogen-bond acceptors (Lipinski definition) is 5. The molecule has 0 radical (unpaired) electrons. The van der Waals surface area contributed by atoms with Crippen molar-refractivity contribution in [1.29, 1.82) is 0 Å². The minimum atomic E-state index is -1.60. The lowest BCUT2D eigenvalue weighted by atomic mass is 9.75. The highest BCUT2D eigenvalue weighted by atomic mass is 16.5. The molecule has 1 rings (SSSR count). The van der Waals surface area contributed by atoms with Crippen molar-refractivity contribution in [3.05, 3.63) is 11.6 Å². The van der Waals surface area contributed by atoms with Crippen LogP contribution < -0.4 is 0 Å². The first-order valence-corrected chi connectivity index (χ1v) is 8.21. The average Bonchev–Trinajstić information content (AvgIpc) is 2.42. The Bertz CT molecular complexity index is 440. The number of ether oxygens (including phenoxy) is 1. The highest BCUT2D eigenvalue weighted by molar-refractivity contribution is 5.95. The zero-order valence-corrected chi connectivity index (χ0v) is 14.1. The van der Waals surface area contributed by atoms with Crippen LogP contribution >= 0.6 is 0 Å². The maximum Gasteiger partial charge on any atom is 0.331 e. The van der Waals surface area contributed by atoms with E-state index in [-0.39, 0.29) is 30.4 Å². The molecule has 23 heavy (non-hydrogen) atoms. The van der Waals surface area contributed by atoms with Crippen molar-refractivity contribution in [2.24, 2.45) is 17.8 Å². The average molecular weight is 328 g/mol. The molecule has 132 valence electrons. The second-order valence-corrected chi connectivity index (χ2v) is 6.80. The van der Waals surface area contributed by atoms with Gasteiger partial charge in [-0.25, -0.2) is 9.59 Å². The third-order valence-corrected chi connectivity index (χ3v) is 4.47. The van der Waals surface area contributed by atoms with E-state index in [1.54, 1.807) is 0 Å². The van der Waals surface area contributed by atoms with Crippen LogP contribution in [-0.4, -0.2) is 39.7 Å². The van der Waals surface area contributed by atoms with Gasteiger partial charge in [0, 0.05) is 18.1 Å². The molecule has 0 aromatic carbocycles. The second kappa shape index (κ2) is 9.03. The number of carboxylic acid groups (broad SMARTS) is 1. The molecule has 0 aliphatic heterocycles. The van der Waals surface area contributed by atoms with Crippen molar-refractivity contribution in [3.8, 4) is 0 Å². The smallest absolute Gasteiger partial charge is 0.331 e. The largest absolute Gasteiger partial charge is 0.478 e. The molecule has 1 aliphatic rings. The van der Waals surface area contributed by atoms with E-state index in [4.69, 9.17) is 20.1 Å². The molecule has 1 aliphatic carbocycles. The fourth-order valence-corrected chi connectivity index (χ4v) is 3.10. The van der Waals surface area contributed by atoms with E-state index in [9.17, 15) is 9.59 Å². The summed E-state index contributed by atoms with van der Waals surface area (Å²) in [6, 6.07) is 0. The van der Waals surface area contributed by atoms with Crippen LogP contribution in [0.15, 0.2) is 11.6 Å². The van der Waals surface area contributed by atoms with Gasteiger partial charge in [0.05, 0.1) is 0 Å². The molecule has 0 aromatic heterocycles. The summed E-state index contributed by atoms with van der Waals surface area (Å²) < 4.78 is 5.52. The molecule has 0 amide bonds. The molecular weight excluding hydrogens is 300 g/mol. The fraction of sp³-hybridized carbons (Fsp3) is 0.765. The van der Waals surface area contributed by atoms with Gasteiger partial charge in [0.2, 0.25) is 0 Å². The van der Waals surface area contributed by atoms with Crippen molar-refractivity contribution in [3.63, 3.8) is 0 Å². The van der Waals surface area contributed by atoms with Crippen molar-refractivity contribution in [2.45, 2.75) is 65.3 Å². The number of aliphatic carboxylic acids is 1. The first kappa shape index (κ1) is 19.6. The Labute approximate surface area is 137 Å². The number of rotatable bonds is 7. The summed E-state index contributed by atoms with van der Waals surface area (Å²) in [4.78, 5) is 23.2. The molecule has 1 saturated carbocycles. The van der Waals surface area contributed by atoms with Gasteiger partial charge in [-0.05, 0) is 37.0 Å². The maximum atomic E-state index is 12.1. The number of aliphatic hydroxyl groups is 2. The first-order chi connectivity index (χ1) is 10.7. The van der Waals surface area contributed by atoms with Crippen LogP contribution in [0, 0.1) is 17.8 Å². The normalized spacial score (nSPS) is 25.7. The lowest BCUT2D eigenvalue weighted by Crippen LogP contribution is -2.35. The van der Waals surface area contributed by atoms with Gasteiger partial charge in [-0.3, -0.25) is 0 Å². The first-order valence-electron chi connectivity index (χ1n) is 8.21. The Kier molecular flexibility index (Phi) is 7.72. The lowest BCUT2D eigenvalue weighted by Gasteiger charge is -2.36. The van der Waals surface area contributed by atoms with Gasteiger partial charge in [0.15, 0.2) is 6.29 Å². The minimum Gasteiger partial charge on any atom is -0.478 e. The van der Waals surface area contributed by atoms with Crippen LogP contribution in [0.3, 0.4) is 0 Å². The van der Waals surface area contributed by atoms with Crippen LogP contribution in [0.5, 0.6) is 0 Å². The van der Waals surface area contributed by atoms with Gasteiger partial charge in [0.1, 0.15) is 6.10 Å². The molecule has 3 N–H and O–H groups in total. The van der Waals surface area contributed by atoms with Crippen molar-refractivity contribution in [1.82, 2.24) is 0 Å². The van der Waals surface area contributed by atoms with Gasteiger partial charge < -0.3 is 20.1 Å². The molecule has 0 spiro atoms. The van der Waals surface area contributed by atoms with E-state index in [1.165, 1.54) is 0 Å². The third-order valence-electron chi connectivity index (χ3n) is 4.47. The standard InChI is InChI=1S/C17H28O6/c1-10(2)13-6-4-11(3)8-14(13)23-16(20)9-12(17(21)22)5-7-15(18)19/h9-11,13-15,18-19H,4-8H2,1-3H3,(H,21,22)/b12-9+. The summed E-state index contributed by atoms with van der Waals surface area (Å²) in [6.07, 6.45) is 1.84. The Morgan fingerprint density at radius 3 is 2.43 bits per heavy atom. The number of aliphatic hydroxyl groups excluding tert-OH is 1. The van der Waals surface area contributed by atoms with E-state index in [2.05, 4.69) is 20.8 Å². The lowest BCUT2D eigenvalue weighted by molar-refractivity contribution is -0.150. The summed E-state index contributed by atoms with van der Waals surface area (Å²) in [5.74, 6) is -0.751. The van der Waals surface area contributed by atoms with Crippen LogP contribution in [0.1, 0.15) is 52.9 Å². The van der Waals surface area contributed by atoms with Gasteiger partial charge in [0.25, 0.3) is 0 Å². The number of esters is 1. The molecule has 0 heterocycles. The minimum absolute atomic E-state index is 0.100. The molecule has 3 atom stereocenters. The topological polar surface area (TPSA) is 104 Å². The Hall–Kier alpha value is -1.40. The van der Waals surface area contributed by atoms with Crippen LogP contribution in [0.4, 0.5) is 0 Å². The highest BCUT2D eigenvalue weighted by Crippen LogP contribution is 2.35. The third kappa shape index (κ3) is 6.71. The monoisotopic (exact) mass is 328 g/mol. The molecule has 0 saturated heterocycles. The molecule has 6 nitrogen and oxygen atoms in total. The van der Waals surface area contributed by atoms with E-state index >= 15 is 0 Å². The van der Waals surface area contributed by atoms with Gasteiger partial charge >= 0.3 is 11.9 Å². The van der Waals surface area contributed by atoms with Crippen molar-refractivity contribution < 1.29 is 29.6 Å². The predicted molar refractivity (Wildman–Crippen MR) is 84.4 cm³/mol. The Balaban J connectivity index is 2.73. The number of carboxylic acids is 1. The maximum absolute atomic E-state index is 12.1. The molecule has 1 fully saturated rings. The Morgan fingerprint density at radius 1 is 1.26 bits per heavy atom. The molecule has 6 heteroatoms. The van der Waals surface area contributed by atoms with Gasteiger partial charge in [-0.15, -0.1) is 0 Å². The molecular formula is C17H28O6. The number of carbonyl (C=O) groups is 2. The summed E-state index contributed by atoms with van der Waals surface area (Å²) in [6.45, 7) is 6.32. The zero-order chi connectivity index (χ0) is 17.6. The zero-order valence-electron chi connectivity index (χ0n) is 14.1. The van der Waals surface area contributed by atoms with E-state index in [0.29, 0.717) is 11.8 Å². The summed E-state index contributed by atoms with van der Waals surface area (Å²) in [5, 5.41) is 26.7. The SMILES string of the molecule is CC1CCC(C(C)C)C(OC(=O)/C=C(\CCC(O)O)C(=O)O)C1. The summed E-state index contributed by atoms with van der Waals surface area (Å²) >= 11 is 0. The number of hydrogen-bond donors (Lipinski definition) is 3. The molecule has 0 bridgehead atoms. The van der Waals surface area contributed by atoms with E-state index in [1.807, 2.05) is 0 Å². The second-order valence-electron chi connectivity index (χ2n) is 6.80. The summed E-state index contributed by atoms with van der Waals surface area (Å²) in [7, 11) is 0. The Morgan fingerprint density at radius 2 is 1.91 bits per heavy atom. The van der Waals surface area contributed by atoms with Gasteiger partial charge in [-0.1, -0.05) is 27.2 Å². The predicted octanol–water partition coefficient (Wildman–Crippen LogP) is 2.09.